The van der Waals surface area contributed by atoms with E-state index < -0.39 is 0 Å². The molecule has 0 spiro atoms. The monoisotopic (exact) mass is 442 g/mol. The van der Waals surface area contributed by atoms with E-state index >= 15 is 0 Å². The highest BCUT2D eigenvalue weighted by atomic mass is 35.5. The number of hydrogen-bond donors (Lipinski definition) is 1. The van der Waals surface area contributed by atoms with Gasteiger partial charge >= 0.3 is 0 Å². The van der Waals surface area contributed by atoms with Gasteiger partial charge in [-0.2, -0.15) is 9.61 Å². The van der Waals surface area contributed by atoms with Crippen molar-refractivity contribution in [3.63, 3.8) is 0 Å². The molecule has 5 rings (SSSR count). The largest absolute Gasteiger partial charge is 0.367 e. The van der Waals surface area contributed by atoms with Crippen LogP contribution >= 0.6 is 23.2 Å². The number of benzene rings is 1. The van der Waals surface area contributed by atoms with Gasteiger partial charge in [0.2, 0.25) is 0 Å². The second-order valence-electron chi connectivity index (χ2n) is 7.47. The van der Waals surface area contributed by atoms with Crippen LogP contribution in [-0.4, -0.2) is 48.7 Å². The van der Waals surface area contributed by atoms with E-state index in [2.05, 4.69) is 25.5 Å². The molecule has 10 heteroatoms. The van der Waals surface area contributed by atoms with Crippen LogP contribution in [0.25, 0.3) is 17.0 Å². The molecule has 3 aromatic heterocycles. The zero-order valence-corrected chi connectivity index (χ0v) is 17.8. The Balaban J connectivity index is 1.40. The molecule has 0 bridgehead atoms. The number of aromatic nitrogens is 6. The van der Waals surface area contributed by atoms with Crippen LogP contribution in [-0.2, 0) is 7.05 Å². The molecule has 0 radical (unpaired) electrons. The molecule has 1 atom stereocenters. The van der Waals surface area contributed by atoms with E-state index in [1.54, 1.807) is 22.7 Å². The van der Waals surface area contributed by atoms with E-state index in [0.29, 0.717) is 21.5 Å². The van der Waals surface area contributed by atoms with Crippen molar-refractivity contribution in [2.75, 3.05) is 23.3 Å². The summed E-state index contributed by atoms with van der Waals surface area (Å²) in [6, 6.07) is 9.41. The summed E-state index contributed by atoms with van der Waals surface area (Å²) >= 11 is 12.3. The van der Waals surface area contributed by atoms with Crippen LogP contribution in [0, 0.1) is 0 Å². The molecule has 1 fully saturated rings. The number of rotatable bonds is 4. The standard InChI is InChI=1S/C20H20Cl2N8/c1-28-12-17(10-23-28)29-6-2-3-16(11-29)24-18-4-5-19-25-26-20(30(19)27-18)13-7-14(21)9-15(22)8-13/h4-5,7-10,12,16H,2-3,6,11H2,1H3,(H,24,27). The lowest BCUT2D eigenvalue weighted by Crippen LogP contribution is -2.42. The lowest BCUT2D eigenvalue weighted by Gasteiger charge is -2.34. The smallest absolute Gasteiger partial charge is 0.185 e. The van der Waals surface area contributed by atoms with Crippen LogP contribution < -0.4 is 10.2 Å². The summed E-state index contributed by atoms with van der Waals surface area (Å²) in [5.74, 6) is 1.37. The second-order valence-corrected chi connectivity index (χ2v) is 8.34. The van der Waals surface area contributed by atoms with Crippen LogP contribution in [0.5, 0.6) is 0 Å². The fraction of sp³-hybridized carbons (Fsp3) is 0.300. The maximum absolute atomic E-state index is 6.16. The molecule has 1 unspecified atom stereocenters. The van der Waals surface area contributed by atoms with Crippen molar-refractivity contribution in [2.24, 2.45) is 7.05 Å². The van der Waals surface area contributed by atoms with Crippen LogP contribution in [0.15, 0.2) is 42.7 Å². The summed E-state index contributed by atoms with van der Waals surface area (Å²) in [6.45, 7) is 1.92. The Hall–Kier alpha value is -2.84. The van der Waals surface area contributed by atoms with Crippen molar-refractivity contribution in [3.8, 4) is 11.4 Å². The topological polar surface area (TPSA) is 76.2 Å². The summed E-state index contributed by atoms with van der Waals surface area (Å²) in [5.41, 5.74) is 2.57. The van der Waals surface area contributed by atoms with E-state index in [1.807, 2.05) is 36.3 Å². The van der Waals surface area contributed by atoms with E-state index in [0.717, 1.165) is 43.0 Å². The molecule has 154 valence electrons. The summed E-state index contributed by atoms with van der Waals surface area (Å²) in [6.07, 6.45) is 6.14. The van der Waals surface area contributed by atoms with Gasteiger partial charge in [0, 0.05) is 48.0 Å². The summed E-state index contributed by atoms with van der Waals surface area (Å²) in [5, 5.41) is 22.2. The Morgan fingerprint density at radius 1 is 1.10 bits per heavy atom. The zero-order chi connectivity index (χ0) is 20.7. The average Bonchev–Trinajstić information content (AvgIpc) is 3.33. The third-order valence-electron chi connectivity index (χ3n) is 5.21. The second kappa shape index (κ2) is 7.77. The molecular weight excluding hydrogens is 423 g/mol. The van der Waals surface area contributed by atoms with Gasteiger partial charge in [-0.25, -0.2) is 0 Å². The first-order chi connectivity index (χ1) is 14.5. The van der Waals surface area contributed by atoms with Gasteiger partial charge in [0.1, 0.15) is 5.82 Å². The predicted octanol–water partition coefficient (Wildman–Crippen LogP) is 3.91. The summed E-state index contributed by atoms with van der Waals surface area (Å²) in [4.78, 5) is 2.35. The first kappa shape index (κ1) is 19.1. The first-order valence-corrected chi connectivity index (χ1v) is 10.5. The fourth-order valence-corrected chi connectivity index (χ4v) is 4.37. The Kier molecular flexibility index (Phi) is 4.96. The van der Waals surface area contributed by atoms with E-state index in [1.165, 1.54) is 0 Å². The van der Waals surface area contributed by atoms with Crippen LogP contribution in [0.2, 0.25) is 10.0 Å². The highest BCUT2D eigenvalue weighted by molar-refractivity contribution is 6.35. The van der Waals surface area contributed by atoms with Gasteiger partial charge in [0.05, 0.1) is 11.9 Å². The van der Waals surface area contributed by atoms with E-state index in [4.69, 9.17) is 28.3 Å². The van der Waals surface area contributed by atoms with Crippen molar-refractivity contribution >= 4 is 40.4 Å². The quantitative estimate of drug-likeness (QED) is 0.516. The van der Waals surface area contributed by atoms with Gasteiger partial charge in [0.15, 0.2) is 11.5 Å². The fourth-order valence-electron chi connectivity index (χ4n) is 3.84. The number of piperidine rings is 1. The van der Waals surface area contributed by atoms with Crippen molar-refractivity contribution in [1.29, 1.82) is 0 Å². The third-order valence-corrected chi connectivity index (χ3v) is 5.65. The number of aryl methyl sites for hydroxylation is 1. The van der Waals surface area contributed by atoms with Crippen LogP contribution in [0.3, 0.4) is 0 Å². The molecule has 8 nitrogen and oxygen atoms in total. The predicted molar refractivity (Wildman–Crippen MR) is 118 cm³/mol. The summed E-state index contributed by atoms with van der Waals surface area (Å²) < 4.78 is 3.55. The van der Waals surface area contributed by atoms with E-state index in [9.17, 15) is 0 Å². The van der Waals surface area contributed by atoms with Gasteiger partial charge < -0.3 is 10.2 Å². The van der Waals surface area contributed by atoms with Gasteiger partial charge in [-0.1, -0.05) is 23.2 Å². The minimum absolute atomic E-state index is 0.282. The Bertz CT molecular complexity index is 1180. The van der Waals surface area contributed by atoms with Crippen LogP contribution in [0.4, 0.5) is 11.5 Å². The van der Waals surface area contributed by atoms with Crippen molar-refractivity contribution in [3.05, 3.63) is 52.8 Å². The van der Waals surface area contributed by atoms with Crippen molar-refractivity contribution < 1.29 is 0 Å². The number of hydrogen-bond acceptors (Lipinski definition) is 6. The zero-order valence-electron chi connectivity index (χ0n) is 16.3. The van der Waals surface area contributed by atoms with Gasteiger partial charge in [-0.3, -0.25) is 4.68 Å². The van der Waals surface area contributed by atoms with Crippen LogP contribution in [0.1, 0.15) is 12.8 Å². The number of nitrogens with zero attached hydrogens (tertiary/aromatic N) is 7. The number of fused-ring (bicyclic) bond motifs is 1. The summed E-state index contributed by atoms with van der Waals surface area (Å²) in [7, 11) is 1.94. The highest BCUT2D eigenvalue weighted by Crippen LogP contribution is 2.27. The minimum atomic E-state index is 0.282. The molecule has 1 aromatic carbocycles. The SMILES string of the molecule is Cn1cc(N2CCCC(Nc3ccc4nnc(-c5cc(Cl)cc(Cl)c5)n4n3)C2)cn1. The molecule has 1 N–H and O–H groups in total. The maximum atomic E-state index is 6.16. The molecule has 1 aliphatic heterocycles. The molecule has 0 saturated carbocycles. The molecule has 0 aliphatic carbocycles. The first-order valence-electron chi connectivity index (χ1n) is 9.74. The normalized spacial score (nSPS) is 16.9. The van der Waals surface area contributed by atoms with E-state index in [-0.39, 0.29) is 6.04 Å². The van der Waals surface area contributed by atoms with Gasteiger partial charge in [-0.05, 0) is 43.2 Å². The van der Waals surface area contributed by atoms with Crippen molar-refractivity contribution in [1.82, 2.24) is 29.6 Å². The number of halogens is 2. The third kappa shape index (κ3) is 3.80. The average molecular weight is 443 g/mol. The molecule has 0 amide bonds. The Morgan fingerprint density at radius 2 is 1.93 bits per heavy atom. The minimum Gasteiger partial charge on any atom is -0.367 e. The number of anilines is 2. The molecule has 1 saturated heterocycles. The molecule has 4 heterocycles. The maximum Gasteiger partial charge on any atom is 0.185 e. The molecule has 30 heavy (non-hydrogen) atoms. The van der Waals surface area contributed by atoms with Gasteiger partial charge in [0.25, 0.3) is 0 Å². The molecular formula is C20H20Cl2N8. The lowest BCUT2D eigenvalue weighted by molar-refractivity contribution is 0.528. The number of nitrogens with one attached hydrogen (secondary N) is 1. The lowest BCUT2D eigenvalue weighted by atomic mass is 10.1. The van der Waals surface area contributed by atoms with Gasteiger partial charge in [-0.15, -0.1) is 15.3 Å². The Labute approximate surface area is 183 Å². The molecule has 4 aromatic rings. The van der Waals surface area contributed by atoms with Crippen molar-refractivity contribution in [2.45, 2.75) is 18.9 Å². The molecule has 1 aliphatic rings. The Morgan fingerprint density at radius 3 is 2.70 bits per heavy atom. The highest BCUT2D eigenvalue weighted by Gasteiger charge is 2.21.